The van der Waals surface area contributed by atoms with Crippen molar-refractivity contribution < 1.29 is 9.90 Å². The van der Waals surface area contributed by atoms with Gasteiger partial charge in [-0.05, 0) is 31.5 Å². The fraction of sp³-hybridized carbons (Fsp3) is 0.438. The third-order valence-electron chi connectivity index (χ3n) is 2.69. The van der Waals surface area contributed by atoms with Crippen molar-refractivity contribution in [3.05, 3.63) is 35.4 Å². The lowest BCUT2D eigenvalue weighted by Gasteiger charge is -2.12. The van der Waals surface area contributed by atoms with E-state index in [1.54, 1.807) is 12.1 Å². The van der Waals surface area contributed by atoms with Crippen LogP contribution in [0.25, 0.3) is 0 Å². The Bertz CT molecular complexity index is 471. The molecule has 0 aliphatic carbocycles. The standard InChI is InChI=1S/C16H21NO2/c1-3-7-13(2)17-16(19)15-10-6-9-14(12-15)8-4-5-11-18/h6,9-10,12-13,18H,3,5,7,11H2,1-2H3,(H,17,19). The summed E-state index contributed by atoms with van der Waals surface area (Å²) < 4.78 is 0. The molecule has 0 fully saturated rings. The zero-order chi connectivity index (χ0) is 14.1. The zero-order valence-electron chi connectivity index (χ0n) is 11.6. The first-order valence-corrected chi connectivity index (χ1v) is 6.68. The molecule has 1 rings (SSSR count). The third kappa shape index (κ3) is 5.58. The van der Waals surface area contributed by atoms with Crippen molar-refractivity contribution in [3.63, 3.8) is 0 Å². The molecule has 102 valence electrons. The molecule has 1 aromatic carbocycles. The lowest BCUT2D eigenvalue weighted by Crippen LogP contribution is -2.32. The van der Waals surface area contributed by atoms with Gasteiger partial charge in [-0.25, -0.2) is 0 Å². The van der Waals surface area contributed by atoms with Crippen molar-refractivity contribution in [2.75, 3.05) is 6.61 Å². The highest BCUT2D eigenvalue weighted by Crippen LogP contribution is 2.05. The predicted molar refractivity (Wildman–Crippen MR) is 76.9 cm³/mol. The van der Waals surface area contributed by atoms with Gasteiger partial charge >= 0.3 is 0 Å². The minimum Gasteiger partial charge on any atom is -0.395 e. The van der Waals surface area contributed by atoms with Gasteiger partial charge in [0, 0.05) is 23.6 Å². The molecular formula is C16H21NO2. The molecule has 19 heavy (non-hydrogen) atoms. The Hall–Kier alpha value is -1.79. The average molecular weight is 259 g/mol. The Balaban J connectivity index is 2.71. The fourth-order valence-electron chi connectivity index (χ4n) is 1.77. The number of rotatable bonds is 5. The van der Waals surface area contributed by atoms with Crippen molar-refractivity contribution in [1.29, 1.82) is 0 Å². The molecule has 0 radical (unpaired) electrons. The summed E-state index contributed by atoms with van der Waals surface area (Å²) >= 11 is 0. The molecule has 3 heteroatoms. The van der Waals surface area contributed by atoms with Crippen LogP contribution in [0.15, 0.2) is 24.3 Å². The summed E-state index contributed by atoms with van der Waals surface area (Å²) in [4.78, 5) is 12.0. The minimum absolute atomic E-state index is 0.0573. The molecule has 1 aromatic rings. The monoisotopic (exact) mass is 259 g/mol. The van der Waals surface area contributed by atoms with Crippen LogP contribution in [0.2, 0.25) is 0 Å². The van der Waals surface area contributed by atoms with E-state index in [0.717, 1.165) is 18.4 Å². The van der Waals surface area contributed by atoms with E-state index in [1.165, 1.54) is 0 Å². The first kappa shape index (κ1) is 15.3. The first-order valence-electron chi connectivity index (χ1n) is 6.68. The normalized spacial score (nSPS) is 11.3. The molecule has 0 aliphatic rings. The van der Waals surface area contributed by atoms with Crippen molar-refractivity contribution in [3.8, 4) is 11.8 Å². The van der Waals surface area contributed by atoms with Gasteiger partial charge in [-0.2, -0.15) is 0 Å². The number of carbonyl (C=O) groups excluding carboxylic acids is 1. The maximum atomic E-state index is 12.0. The van der Waals surface area contributed by atoms with Gasteiger partial charge in [0.2, 0.25) is 0 Å². The van der Waals surface area contributed by atoms with Crippen LogP contribution in [0.3, 0.4) is 0 Å². The topological polar surface area (TPSA) is 49.3 Å². The van der Waals surface area contributed by atoms with E-state index in [0.29, 0.717) is 12.0 Å². The molecule has 0 saturated carbocycles. The molecule has 1 unspecified atom stereocenters. The van der Waals surface area contributed by atoms with E-state index in [1.807, 2.05) is 19.1 Å². The van der Waals surface area contributed by atoms with E-state index in [9.17, 15) is 4.79 Å². The number of carbonyl (C=O) groups is 1. The fourth-order valence-corrected chi connectivity index (χ4v) is 1.77. The maximum absolute atomic E-state index is 12.0. The summed E-state index contributed by atoms with van der Waals surface area (Å²) in [5.74, 6) is 5.71. The number of nitrogens with one attached hydrogen (secondary N) is 1. The van der Waals surface area contributed by atoms with Crippen LogP contribution in [0.1, 0.15) is 49.0 Å². The van der Waals surface area contributed by atoms with E-state index in [2.05, 4.69) is 24.1 Å². The van der Waals surface area contributed by atoms with Gasteiger partial charge in [0.25, 0.3) is 5.91 Å². The molecule has 0 bridgehead atoms. The van der Waals surface area contributed by atoms with Crippen LogP contribution in [0, 0.1) is 11.8 Å². The molecule has 3 nitrogen and oxygen atoms in total. The summed E-state index contributed by atoms with van der Waals surface area (Å²) in [6, 6.07) is 7.42. The second-order valence-electron chi connectivity index (χ2n) is 4.52. The molecule has 0 aromatic heterocycles. The van der Waals surface area contributed by atoms with Gasteiger partial charge < -0.3 is 10.4 Å². The lowest BCUT2D eigenvalue weighted by atomic mass is 10.1. The first-order chi connectivity index (χ1) is 9.17. The van der Waals surface area contributed by atoms with Crippen LogP contribution in [-0.4, -0.2) is 23.7 Å². The van der Waals surface area contributed by atoms with Crippen molar-refractivity contribution in [1.82, 2.24) is 5.32 Å². The lowest BCUT2D eigenvalue weighted by molar-refractivity contribution is 0.0938. The van der Waals surface area contributed by atoms with Gasteiger partial charge in [-0.15, -0.1) is 0 Å². The number of hydrogen-bond acceptors (Lipinski definition) is 2. The Morgan fingerprint density at radius 3 is 2.95 bits per heavy atom. The third-order valence-corrected chi connectivity index (χ3v) is 2.69. The van der Waals surface area contributed by atoms with Crippen LogP contribution < -0.4 is 5.32 Å². The van der Waals surface area contributed by atoms with Crippen LogP contribution >= 0.6 is 0 Å². The molecule has 0 spiro atoms. The van der Waals surface area contributed by atoms with Crippen molar-refractivity contribution >= 4 is 5.91 Å². The maximum Gasteiger partial charge on any atom is 0.251 e. The molecular weight excluding hydrogens is 238 g/mol. The highest BCUT2D eigenvalue weighted by Gasteiger charge is 2.08. The summed E-state index contributed by atoms with van der Waals surface area (Å²) in [5, 5.41) is 11.6. The molecule has 1 atom stereocenters. The molecule has 1 amide bonds. The van der Waals surface area contributed by atoms with E-state index in [-0.39, 0.29) is 18.6 Å². The second kappa shape index (κ2) is 8.34. The van der Waals surface area contributed by atoms with Crippen LogP contribution in [0.5, 0.6) is 0 Å². The average Bonchev–Trinajstić information content (AvgIpc) is 2.39. The number of hydrogen-bond donors (Lipinski definition) is 2. The number of aliphatic hydroxyl groups is 1. The second-order valence-corrected chi connectivity index (χ2v) is 4.52. The van der Waals surface area contributed by atoms with Crippen LogP contribution in [0.4, 0.5) is 0 Å². The highest BCUT2D eigenvalue weighted by atomic mass is 16.2. The largest absolute Gasteiger partial charge is 0.395 e. The Kier molecular flexibility index (Phi) is 6.70. The quantitative estimate of drug-likeness (QED) is 0.797. The number of amides is 1. The van der Waals surface area contributed by atoms with Crippen molar-refractivity contribution in [2.45, 2.75) is 39.2 Å². The molecule has 2 N–H and O–H groups in total. The summed E-state index contributed by atoms with van der Waals surface area (Å²) in [6.45, 7) is 4.16. The summed E-state index contributed by atoms with van der Waals surface area (Å²) in [6.07, 6.45) is 2.47. The smallest absolute Gasteiger partial charge is 0.251 e. The Labute approximate surface area is 115 Å². The SMILES string of the molecule is CCCC(C)NC(=O)c1cccc(C#CCCO)c1. The zero-order valence-corrected chi connectivity index (χ0v) is 11.6. The molecule has 0 heterocycles. The predicted octanol–water partition coefficient (Wildman–Crippen LogP) is 2.34. The number of aliphatic hydroxyl groups excluding tert-OH is 1. The van der Waals surface area contributed by atoms with Gasteiger partial charge in [-0.3, -0.25) is 4.79 Å². The summed E-state index contributed by atoms with van der Waals surface area (Å²) in [7, 11) is 0. The number of benzene rings is 1. The van der Waals surface area contributed by atoms with E-state index >= 15 is 0 Å². The van der Waals surface area contributed by atoms with Gasteiger partial charge in [0.15, 0.2) is 0 Å². The minimum atomic E-state index is -0.0632. The summed E-state index contributed by atoms with van der Waals surface area (Å²) in [5.41, 5.74) is 1.42. The van der Waals surface area contributed by atoms with E-state index in [4.69, 9.17) is 5.11 Å². The molecule has 0 saturated heterocycles. The molecule has 0 aliphatic heterocycles. The van der Waals surface area contributed by atoms with E-state index < -0.39 is 0 Å². The Morgan fingerprint density at radius 2 is 2.26 bits per heavy atom. The van der Waals surface area contributed by atoms with Gasteiger partial charge in [-0.1, -0.05) is 31.3 Å². The van der Waals surface area contributed by atoms with Gasteiger partial charge in [0.1, 0.15) is 0 Å². The van der Waals surface area contributed by atoms with Gasteiger partial charge in [0.05, 0.1) is 6.61 Å². The van der Waals surface area contributed by atoms with Crippen LogP contribution in [-0.2, 0) is 0 Å². The van der Waals surface area contributed by atoms with Crippen molar-refractivity contribution in [2.24, 2.45) is 0 Å². The highest BCUT2D eigenvalue weighted by molar-refractivity contribution is 5.94. The Morgan fingerprint density at radius 1 is 1.47 bits per heavy atom.